The Labute approximate surface area is 117 Å². The lowest BCUT2D eigenvalue weighted by atomic mass is 10.1. The van der Waals surface area contributed by atoms with Crippen molar-refractivity contribution in [2.24, 2.45) is 11.3 Å². The van der Waals surface area contributed by atoms with Gasteiger partial charge in [-0.15, -0.1) is 0 Å². The number of carboxylic acids is 1. The molecule has 0 spiro atoms. The summed E-state index contributed by atoms with van der Waals surface area (Å²) in [6, 6.07) is 0. The largest absolute Gasteiger partial charge is 0.481 e. The molecular weight excluding hydrogens is 260 g/mol. The minimum Gasteiger partial charge on any atom is -0.481 e. The van der Waals surface area contributed by atoms with Crippen LogP contribution in [0.3, 0.4) is 0 Å². The molecule has 0 bridgehead atoms. The average Bonchev–Trinajstić information content (AvgIpc) is 2.76. The van der Waals surface area contributed by atoms with Crippen LogP contribution >= 0.6 is 0 Å². The van der Waals surface area contributed by atoms with Gasteiger partial charge in [0.2, 0.25) is 5.89 Å². The third-order valence-corrected chi connectivity index (χ3v) is 4.53. The predicted octanol–water partition coefficient (Wildman–Crippen LogP) is 2.01. The number of rotatable bonds is 4. The summed E-state index contributed by atoms with van der Waals surface area (Å²) < 4.78 is 10.9. The zero-order valence-electron chi connectivity index (χ0n) is 11.8. The minimum atomic E-state index is -0.796. The van der Waals surface area contributed by atoms with E-state index in [0.717, 1.165) is 19.4 Å². The Bertz CT molecular complexity index is 505. The monoisotopic (exact) mass is 280 g/mol. The van der Waals surface area contributed by atoms with E-state index in [2.05, 4.69) is 10.1 Å². The van der Waals surface area contributed by atoms with E-state index in [1.54, 1.807) is 0 Å². The number of nitrogens with zero attached hydrogens (tertiary/aromatic N) is 2. The Morgan fingerprint density at radius 3 is 2.85 bits per heavy atom. The number of ether oxygens (including phenoxy) is 1. The van der Waals surface area contributed by atoms with Gasteiger partial charge in [-0.05, 0) is 24.7 Å². The molecule has 2 heterocycles. The second kappa shape index (κ2) is 4.84. The lowest BCUT2D eigenvalue weighted by Gasteiger charge is -2.20. The number of carboxylic acid groups (broad SMARTS) is 1. The van der Waals surface area contributed by atoms with Crippen molar-refractivity contribution in [3.63, 3.8) is 0 Å². The van der Waals surface area contributed by atoms with E-state index >= 15 is 0 Å². The standard InChI is InChI=1S/C14H20N2O4/c1-14(2)10(11(14)13(17)18)12-15-9(16-20-12)7-8-5-3-4-6-19-8/h8,10-11H,3-7H2,1-2H3,(H,17,18). The topological polar surface area (TPSA) is 85.5 Å². The van der Waals surface area contributed by atoms with Crippen LogP contribution in [0.4, 0.5) is 0 Å². The molecule has 0 radical (unpaired) electrons. The van der Waals surface area contributed by atoms with Crippen molar-refractivity contribution in [3.05, 3.63) is 11.7 Å². The normalized spacial score (nSPS) is 32.0. The van der Waals surface area contributed by atoms with Crippen LogP contribution in [0.2, 0.25) is 0 Å². The molecule has 1 aliphatic carbocycles. The highest BCUT2D eigenvalue weighted by atomic mass is 16.5. The van der Waals surface area contributed by atoms with Crippen LogP contribution in [-0.2, 0) is 16.0 Å². The number of hydrogen-bond donors (Lipinski definition) is 1. The number of hydrogen-bond acceptors (Lipinski definition) is 5. The van der Waals surface area contributed by atoms with E-state index in [-0.39, 0.29) is 17.4 Å². The van der Waals surface area contributed by atoms with Crippen LogP contribution in [0.15, 0.2) is 4.52 Å². The first-order valence-electron chi connectivity index (χ1n) is 7.17. The average molecular weight is 280 g/mol. The second-order valence-corrected chi connectivity index (χ2v) is 6.36. The minimum absolute atomic E-state index is 0.164. The smallest absolute Gasteiger partial charge is 0.307 e. The van der Waals surface area contributed by atoms with Gasteiger partial charge in [0.1, 0.15) is 0 Å². The Balaban J connectivity index is 1.67. The Morgan fingerprint density at radius 1 is 1.45 bits per heavy atom. The van der Waals surface area contributed by atoms with Gasteiger partial charge < -0.3 is 14.4 Å². The molecule has 1 saturated carbocycles. The molecule has 1 aromatic rings. The van der Waals surface area contributed by atoms with Crippen molar-refractivity contribution in [1.29, 1.82) is 0 Å². The first-order valence-corrected chi connectivity index (χ1v) is 7.17. The number of carbonyl (C=O) groups is 1. The SMILES string of the molecule is CC1(C)C(C(=O)O)C1c1nc(CC2CCCCO2)no1. The Kier molecular flexibility index (Phi) is 3.28. The van der Waals surface area contributed by atoms with E-state index in [4.69, 9.17) is 9.26 Å². The van der Waals surface area contributed by atoms with E-state index in [0.29, 0.717) is 18.1 Å². The summed E-state index contributed by atoms with van der Waals surface area (Å²) in [6.07, 6.45) is 4.12. The molecule has 3 rings (SSSR count). The van der Waals surface area contributed by atoms with Crippen molar-refractivity contribution in [2.75, 3.05) is 6.61 Å². The zero-order valence-corrected chi connectivity index (χ0v) is 11.8. The van der Waals surface area contributed by atoms with Gasteiger partial charge >= 0.3 is 5.97 Å². The Morgan fingerprint density at radius 2 is 2.25 bits per heavy atom. The van der Waals surface area contributed by atoms with E-state index in [1.165, 1.54) is 6.42 Å². The molecule has 1 saturated heterocycles. The van der Waals surface area contributed by atoms with Crippen molar-refractivity contribution in [3.8, 4) is 0 Å². The fourth-order valence-electron chi connectivity index (χ4n) is 3.21. The predicted molar refractivity (Wildman–Crippen MR) is 69.2 cm³/mol. The van der Waals surface area contributed by atoms with Crippen LogP contribution in [0.5, 0.6) is 0 Å². The van der Waals surface area contributed by atoms with Crippen LogP contribution in [0.25, 0.3) is 0 Å². The van der Waals surface area contributed by atoms with Crippen molar-refractivity contribution < 1.29 is 19.2 Å². The quantitative estimate of drug-likeness (QED) is 0.908. The molecule has 20 heavy (non-hydrogen) atoms. The van der Waals surface area contributed by atoms with Gasteiger partial charge in [0.15, 0.2) is 5.82 Å². The van der Waals surface area contributed by atoms with Gasteiger partial charge in [-0.25, -0.2) is 0 Å². The highest BCUT2D eigenvalue weighted by molar-refractivity contribution is 5.77. The van der Waals surface area contributed by atoms with Crippen LogP contribution in [0, 0.1) is 11.3 Å². The summed E-state index contributed by atoms with van der Waals surface area (Å²) in [5, 5.41) is 13.2. The van der Waals surface area contributed by atoms with Gasteiger partial charge in [-0.2, -0.15) is 4.98 Å². The van der Waals surface area contributed by atoms with Gasteiger partial charge in [0, 0.05) is 13.0 Å². The van der Waals surface area contributed by atoms with Gasteiger partial charge in [-0.3, -0.25) is 4.79 Å². The molecule has 0 aromatic carbocycles. The highest BCUT2D eigenvalue weighted by Crippen LogP contribution is 2.64. The lowest BCUT2D eigenvalue weighted by Crippen LogP contribution is -2.21. The lowest BCUT2D eigenvalue weighted by molar-refractivity contribution is -0.139. The maximum absolute atomic E-state index is 11.2. The Hall–Kier alpha value is -1.43. The summed E-state index contributed by atoms with van der Waals surface area (Å²) >= 11 is 0. The number of aromatic nitrogens is 2. The fraction of sp³-hybridized carbons (Fsp3) is 0.786. The van der Waals surface area contributed by atoms with Crippen LogP contribution in [0.1, 0.15) is 50.7 Å². The van der Waals surface area contributed by atoms with Gasteiger partial charge in [-0.1, -0.05) is 19.0 Å². The van der Waals surface area contributed by atoms with Gasteiger partial charge in [0.25, 0.3) is 0 Å². The molecule has 110 valence electrons. The summed E-state index contributed by atoms with van der Waals surface area (Å²) in [5.41, 5.74) is -0.309. The molecule has 3 unspecified atom stereocenters. The second-order valence-electron chi connectivity index (χ2n) is 6.36. The first-order chi connectivity index (χ1) is 9.50. The van der Waals surface area contributed by atoms with E-state index in [9.17, 15) is 9.90 Å². The molecule has 0 amide bonds. The van der Waals surface area contributed by atoms with Crippen LogP contribution < -0.4 is 0 Å². The summed E-state index contributed by atoms with van der Waals surface area (Å²) in [4.78, 5) is 15.5. The first kappa shape index (κ1) is 13.5. The summed E-state index contributed by atoms with van der Waals surface area (Å²) in [5.74, 6) is -0.322. The van der Waals surface area contributed by atoms with Crippen LogP contribution in [-0.4, -0.2) is 33.9 Å². The molecule has 1 aromatic heterocycles. The third kappa shape index (κ3) is 2.32. The van der Waals surface area contributed by atoms with E-state index < -0.39 is 11.9 Å². The van der Waals surface area contributed by atoms with Crippen molar-refractivity contribution in [2.45, 2.75) is 51.6 Å². The molecule has 3 atom stereocenters. The summed E-state index contributed by atoms with van der Waals surface area (Å²) in [6.45, 7) is 4.64. The maximum atomic E-state index is 11.2. The zero-order chi connectivity index (χ0) is 14.3. The van der Waals surface area contributed by atoms with Crippen molar-refractivity contribution in [1.82, 2.24) is 10.1 Å². The van der Waals surface area contributed by atoms with Gasteiger partial charge in [0.05, 0.1) is 17.9 Å². The maximum Gasteiger partial charge on any atom is 0.307 e. The molecule has 2 fully saturated rings. The molecule has 2 aliphatic rings. The molecule has 6 nitrogen and oxygen atoms in total. The van der Waals surface area contributed by atoms with Crippen molar-refractivity contribution >= 4 is 5.97 Å². The fourth-order valence-corrected chi connectivity index (χ4v) is 3.21. The molecule has 1 N–H and O–H groups in total. The number of aliphatic carboxylic acids is 1. The van der Waals surface area contributed by atoms with E-state index in [1.807, 2.05) is 13.8 Å². The highest BCUT2D eigenvalue weighted by Gasteiger charge is 2.65. The third-order valence-electron chi connectivity index (χ3n) is 4.53. The summed E-state index contributed by atoms with van der Waals surface area (Å²) in [7, 11) is 0. The molecule has 6 heteroatoms. The molecular formula is C14H20N2O4. The molecule has 1 aliphatic heterocycles.